The fourth-order valence-corrected chi connectivity index (χ4v) is 3.22. The Hall–Kier alpha value is -1.63. The molecule has 1 aromatic carbocycles. The third kappa shape index (κ3) is 4.02. The van der Waals surface area contributed by atoms with Crippen molar-refractivity contribution in [2.45, 2.75) is 27.2 Å². The molecule has 0 aliphatic heterocycles. The maximum Gasteiger partial charge on any atom is 0.309 e. The van der Waals surface area contributed by atoms with Crippen LogP contribution >= 0.6 is 34.5 Å². The number of aryl methyl sites for hydroxylation is 1. The first kappa shape index (κ1) is 17.7. The second kappa shape index (κ2) is 7.29. The van der Waals surface area contributed by atoms with Crippen LogP contribution in [0.1, 0.15) is 30.4 Å². The van der Waals surface area contributed by atoms with Crippen molar-refractivity contribution in [2.75, 3.05) is 0 Å². The van der Waals surface area contributed by atoms with Crippen molar-refractivity contribution in [1.29, 1.82) is 0 Å². The number of ether oxygens (including phenoxy) is 1. The van der Waals surface area contributed by atoms with Crippen molar-refractivity contribution >= 4 is 52.1 Å². The van der Waals surface area contributed by atoms with Gasteiger partial charge in [0.1, 0.15) is 0 Å². The van der Waals surface area contributed by atoms with E-state index in [0.29, 0.717) is 27.0 Å². The number of aromatic nitrogens is 1. The lowest BCUT2D eigenvalue weighted by molar-refractivity contribution is -0.132. The molecule has 2 aromatic rings. The number of benzene rings is 1. The van der Waals surface area contributed by atoms with Crippen LogP contribution in [0.2, 0.25) is 10.0 Å². The maximum absolute atomic E-state index is 12.0. The summed E-state index contributed by atoms with van der Waals surface area (Å²) in [5.41, 5.74) is 0.549. The Balaban J connectivity index is 2.67. The molecule has 0 aliphatic carbocycles. The molecule has 0 aliphatic rings. The van der Waals surface area contributed by atoms with Crippen LogP contribution in [0.25, 0.3) is 0 Å². The van der Waals surface area contributed by atoms with E-state index >= 15 is 0 Å². The summed E-state index contributed by atoms with van der Waals surface area (Å²) in [6.07, 6.45) is 0.609. The minimum atomic E-state index is -0.492. The molecule has 23 heavy (non-hydrogen) atoms. The molecule has 0 fully saturated rings. The lowest BCUT2D eigenvalue weighted by Crippen LogP contribution is -2.22. The predicted molar refractivity (Wildman–Crippen MR) is 91.0 cm³/mol. The van der Waals surface area contributed by atoms with Gasteiger partial charge in [-0.3, -0.25) is 9.59 Å². The Morgan fingerprint density at radius 3 is 2.48 bits per heavy atom. The van der Waals surface area contributed by atoms with Crippen molar-refractivity contribution in [1.82, 2.24) is 4.57 Å². The number of carbonyl (C=O) groups is 2. The Labute approximate surface area is 147 Å². The van der Waals surface area contributed by atoms with E-state index in [1.54, 1.807) is 18.2 Å². The van der Waals surface area contributed by atoms with Crippen molar-refractivity contribution in [2.24, 2.45) is 4.99 Å². The molecule has 2 rings (SSSR count). The molecule has 0 radical (unpaired) electrons. The standard InChI is InChI=1S/C15H14Cl2N2O3S/c1-4-13-14(22-9(3)21)19(8(2)20)15(23-13)18-10-5-6-11(16)12(17)7-10/h5-7H,4H2,1-3H3. The monoisotopic (exact) mass is 372 g/mol. The Morgan fingerprint density at radius 2 is 1.96 bits per heavy atom. The van der Waals surface area contributed by atoms with Gasteiger partial charge in [0.05, 0.1) is 20.6 Å². The minimum Gasteiger partial charge on any atom is -0.408 e. The number of carbonyl (C=O) groups excluding carboxylic acids is 2. The van der Waals surface area contributed by atoms with Crippen LogP contribution in [-0.2, 0) is 11.2 Å². The highest BCUT2D eigenvalue weighted by Crippen LogP contribution is 2.27. The number of hydrogen-bond acceptors (Lipinski definition) is 5. The fraction of sp³-hybridized carbons (Fsp3) is 0.267. The third-order valence-corrected chi connectivity index (χ3v) is 4.76. The summed E-state index contributed by atoms with van der Waals surface area (Å²) >= 11 is 13.2. The topological polar surface area (TPSA) is 60.7 Å². The Kier molecular flexibility index (Phi) is 5.62. The van der Waals surface area contributed by atoms with Crippen LogP contribution in [0.3, 0.4) is 0 Å². The molecule has 0 N–H and O–H groups in total. The summed E-state index contributed by atoms with van der Waals surface area (Å²) in [5, 5.41) is 0.792. The predicted octanol–water partition coefficient (Wildman–Crippen LogP) is 4.24. The second-order valence-electron chi connectivity index (χ2n) is 4.62. The molecule has 0 atom stereocenters. The van der Waals surface area contributed by atoms with Gasteiger partial charge in [0.2, 0.25) is 11.8 Å². The summed E-state index contributed by atoms with van der Waals surface area (Å²) in [6, 6.07) is 4.92. The SMILES string of the molecule is CCc1sc(=Nc2ccc(Cl)c(Cl)c2)n(C(C)=O)c1OC(C)=O. The van der Waals surface area contributed by atoms with E-state index in [9.17, 15) is 9.59 Å². The molecule has 1 heterocycles. The Morgan fingerprint density at radius 1 is 1.26 bits per heavy atom. The van der Waals surface area contributed by atoms with Gasteiger partial charge in [0, 0.05) is 13.8 Å². The highest BCUT2D eigenvalue weighted by atomic mass is 35.5. The van der Waals surface area contributed by atoms with Crippen molar-refractivity contribution in [3.8, 4) is 5.88 Å². The van der Waals surface area contributed by atoms with Crippen LogP contribution in [0.5, 0.6) is 5.88 Å². The fourth-order valence-electron chi connectivity index (χ4n) is 1.89. The molecule has 122 valence electrons. The van der Waals surface area contributed by atoms with Crippen molar-refractivity contribution in [3.63, 3.8) is 0 Å². The van der Waals surface area contributed by atoms with E-state index in [4.69, 9.17) is 27.9 Å². The molecule has 5 nitrogen and oxygen atoms in total. The molecule has 1 aromatic heterocycles. The molecular formula is C15H14Cl2N2O3S. The zero-order valence-electron chi connectivity index (χ0n) is 12.7. The highest BCUT2D eigenvalue weighted by molar-refractivity contribution is 7.09. The van der Waals surface area contributed by atoms with Gasteiger partial charge >= 0.3 is 5.97 Å². The van der Waals surface area contributed by atoms with E-state index in [-0.39, 0.29) is 11.8 Å². The van der Waals surface area contributed by atoms with E-state index < -0.39 is 5.97 Å². The van der Waals surface area contributed by atoms with E-state index in [2.05, 4.69) is 4.99 Å². The molecule has 0 unspecified atom stereocenters. The van der Waals surface area contributed by atoms with Gasteiger partial charge in [0.15, 0.2) is 4.80 Å². The lowest BCUT2D eigenvalue weighted by Gasteiger charge is -2.05. The average molecular weight is 373 g/mol. The number of nitrogens with zero attached hydrogens (tertiary/aromatic N) is 2. The summed E-state index contributed by atoms with van der Waals surface area (Å²) in [5.74, 6) is -0.569. The maximum atomic E-state index is 12.0. The van der Waals surface area contributed by atoms with E-state index in [0.717, 1.165) is 4.88 Å². The minimum absolute atomic E-state index is 0.219. The average Bonchev–Trinajstić information content (AvgIpc) is 2.79. The van der Waals surface area contributed by atoms with Gasteiger partial charge in [-0.1, -0.05) is 41.5 Å². The zero-order chi connectivity index (χ0) is 17.1. The van der Waals surface area contributed by atoms with Gasteiger partial charge in [-0.25, -0.2) is 9.56 Å². The molecule has 0 bridgehead atoms. The van der Waals surface area contributed by atoms with Crippen LogP contribution < -0.4 is 9.54 Å². The van der Waals surface area contributed by atoms with Crippen LogP contribution in [0.4, 0.5) is 5.69 Å². The first-order valence-corrected chi connectivity index (χ1v) is 8.34. The molecule has 0 saturated carbocycles. The van der Waals surface area contributed by atoms with Gasteiger partial charge in [0.25, 0.3) is 0 Å². The van der Waals surface area contributed by atoms with Gasteiger partial charge in [-0.15, -0.1) is 0 Å². The smallest absolute Gasteiger partial charge is 0.309 e. The molecular weight excluding hydrogens is 359 g/mol. The summed E-state index contributed by atoms with van der Waals surface area (Å²) in [6.45, 7) is 4.58. The number of thiazole rings is 1. The molecule has 0 spiro atoms. The number of hydrogen-bond donors (Lipinski definition) is 0. The normalized spacial score (nSPS) is 11.6. The number of halogens is 2. The lowest BCUT2D eigenvalue weighted by atomic mass is 10.3. The van der Waals surface area contributed by atoms with Crippen LogP contribution in [-0.4, -0.2) is 16.4 Å². The van der Waals surface area contributed by atoms with Crippen LogP contribution in [0, 0.1) is 0 Å². The zero-order valence-corrected chi connectivity index (χ0v) is 15.1. The van der Waals surface area contributed by atoms with E-state index in [1.807, 2.05) is 6.92 Å². The summed E-state index contributed by atoms with van der Waals surface area (Å²) < 4.78 is 6.48. The highest BCUT2D eigenvalue weighted by Gasteiger charge is 2.18. The molecule has 0 saturated heterocycles. The summed E-state index contributed by atoms with van der Waals surface area (Å²) in [7, 11) is 0. The quantitative estimate of drug-likeness (QED) is 0.757. The number of rotatable bonds is 3. The first-order chi connectivity index (χ1) is 10.8. The van der Waals surface area contributed by atoms with E-state index in [1.165, 1.54) is 29.8 Å². The Bertz CT molecular complexity index is 840. The largest absolute Gasteiger partial charge is 0.408 e. The van der Waals surface area contributed by atoms with Crippen LogP contribution in [0.15, 0.2) is 23.2 Å². The first-order valence-electron chi connectivity index (χ1n) is 6.77. The number of esters is 1. The third-order valence-electron chi connectivity index (χ3n) is 2.85. The van der Waals surface area contributed by atoms with Gasteiger partial charge < -0.3 is 4.74 Å². The molecule has 8 heteroatoms. The van der Waals surface area contributed by atoms with Gasteiger partial charge in [-0.2, -0.15) is 0 Å². The van der Waals surface area contributed by atoms with Crippen molar-refractivity contribution < 1.29 is 14.3 Å². The second-order valence-corrected chi connectivity index (χ2v) is 6.50. The van der Waals surface area contributed by atoms with Gasteiger partial charge in [-0.05, 0) is 24.6 Å². The van der Waals surface area contributed by atoms with Crippen molar-refractivity contribution in [3.05, 3.63) is 37.9 Å². The summed E-state index contributed by atoms with van der Waals surface area (Å²) in [4.78, 5) is 28.9. The molecule has 0 amide bonds.